The summed E-state index contributed by atoms with van der Waals surface area (Å²) in [6.45, 7) is 2.36. The molecule has 3 heterocycles. The number of aromatic nitrogens is 3. The van der Waals surface area contributed by atoms with Gasteiger partial charge in [0.25, 0.3) is 5.91 Å². The highest BCUT2D eigenvalue weighted by molar-refractivity contribution is 5.95. The van der Waals surface area contributed by atoms with Crippen molar-refractivity contribution in [2.45, 2.75) is 6.04 Å². The zero-order valence-corrected chi connectivity index (χ0v) is 16.1. The largest absolute Gasteiger partial charge is 0.346 e. The van der Waals surface area contributed by atoms with E-state index in [0.717, 1.165) is 24.0 Å². The first-order valence-electron chi connectivity index (χ1n) is 9.43. The lowest BCUT2D eigenvalue weighted by Gasteiger charge is -2.22. The first-order valence-corrected chi connectivity index (χ1v) is 9.43. The van der Waals surface area contributed by atoms with Crippen LogP contribution in [0.15, 0.2) is 54.9 Å². The Hall–Kier alpha value is -3.06. The standard InChI is InChI=1S/C21H24N6O/c1-26(2)12-16-13-27(21-22-10-5-11-23-21)14-19(16)25-20(28)18-9-8-15-6-3-4-7-17(15)24-18/h3-11,16,19H,12-14H2,1-2H3,(H,25,28)/t16-,19-/m1/s1. The van der Waals surface area contributed by atoms with Gasteiger partial charge >= 0.3 is 0 Å². The van der Waals surface area contributed by atoms with Crippen molar-refractivity contribution < 1.29 is 4.79 Å². The van der Waals surface area contributed by atoms with E-state index in [1.165, 1.54) is 0 Å². The molecule has 1 N–H and O–H groups in total. The molecule has 144 valence electrons. The predicted octanol–water partition coefficient (Wildman–Crippen LogP) is 1.82. The van der Waals surface area contributed by atoms with Crippen LogP contribution in [0.25, 0.3) is 10.9 Å². The third kappa shape index (κ3) is 3.94. The fraction of sp³-hybridized carbons (Fsp3) is 0.333. The van der Waals surface area contributed by atoms with Crippen LogP contribution in [0.2, 0.25) is 0 Å². The molecule has 0 aliphatic carbocycles. The molecule has 4 rings (SSSR count). The Balaban J connectivity index is 1.52. The summed E-state index contributed by atoms with van der Waals surface area (Å²) >= 11 is 0. The number of hydrogen-bond acceptors (Lipinski definition) is 6. The number of pyridine rings is 1. The Kier molecular flexibility index (Phi) is 5.16. The maximum atomic E-state index is 12.9. The van der Waals surface area contributed by atoms with E-state index in [1.807, 2.05) is 50.5 Å². The number of amides is 1. The van der Waals surface area contributed by atoms with Crippen LogP contribution < -0.4 is 10.2 Å². The van der Waals surface area contributed by atoms with E-state index in [1.54, 1.807) is 18.5 Å². The van der Waals surface area contributed by atoms with Gasteiger partial charge in [0.05, 0.1) is 11.6 Å². The molecule has 28 heavy (non-hydrogen) atoms. The molecular weight excluding hydrogens is 352 g/mol. The third-order valence-corrected chi connectivity index (χ3v) is 5.02. The van der Waals surface area contributed by atoms with Crippen molar-refractivity contribution in [2.75, 3.05) is 38.6 Å². The Bertz CT molecular complexity index is 961. The molecule has 7 heteroatoms. The van der Waals surface area contributed by atoms with Crippen molar-refractivity contribution >= 4 is 22.8 Å². The molecule has 0 saturated carbocycles. The van der Waals surface area contributed by atoms with Gasteiger partial charge < -0.3 is 15.1 Å². The zero-order chi connectivity index (χ0) is 19.5. The lowest BCUT2D eigenvalue weighted by Crippen LogP contribution is -2.43. The Morgan fingerprint density at radius 1 is 1.11 bits per heavy atom. The lowest BCUT2D eigenvalue weighted by molar-refractivity contribution is 0.0923. The summed E-state index contributed by atoms with van der Waals surface area (Å²) in [5, 5.41) is 4.22. The normalized spacial score (nSPS) is 19.3. The van der Waals surface area contributed by atoms with Crippen molar-refractivity contribution in [3.63, 3.8) is 0 Å². The van der Waals surface area contributed by atoms with Gasteiger partial charge in [0.15, 0.2) is 0 Å². The highest BCUT2D eigenvalue weighted by Crippen LogP contribution is 2.22. The quantitative estimate of drug-likeness (QED) is 0.732. The highest BCUT2D eigenvalue weighted by atomic mass is 16.2. The molecule has 1 fully saturated rings. The SMILES string of the molecule is CN(C)C[C@@H]1CN(c2ncccn2)C[C@H]1NC(=O)c1ccc2ccccc2n1. The molecule has 1 amide bonds. The molecule has 0 bridgehead atoms. The van der Waals surface area contributed by atoms with E-state index in [2.05, 4.69) is 30.1 Å². The average Bonchev–Trinajstić information content (AvgIpc) is 3.10. The summed E-state index contributed by atoms with van der Waals surface area (Å²) in [5.41, 5.74) is 1.27. The smallest absolute Gasteiger partial charge is 0.270 e. The summed E-state index contributed by atoms with van der Waals surface area (Å²) in [4.78, 5) is 30.4. The van der Waals surface area contributed by atoms with Gasteiger partial charge in [-0.1, -0.05) is 24.3 Å². The summed E-state index contributed by atoms with van der Waals surface area (Å²) in [6, 6.07) is 13.3. The minimum absolute atomic E-state index is 0.00646. The van der Waals surface area contributed by atoms with E-state index < -0.39 is 0 Å². The molecule has 0 spiro atoms. The van der Waals surface area contributed by atoms with Crippen LogP contribution in [-0.2, 0) is 0 Å². The molecular formula is C21H24N6O. The fourth-order valence-electron chi connectivity index (χ4n) is 3.74. The molecule has 7 nitrogen and oxygen atoms in total. The van der Waals surface area contributed by atoms with Gasteiger partial charge in [0.1, 0.15) is 5.69 Å². The first kappa shape index (κ1) is 18.3. The number of anilines is 1. The molecule has 0 radical (unpaired) electrons. The average molecular weight is 376 g/mol. The van der Waals surface area contributed by atoms with Gasteiger partial charge in [0, 0.05) is 43.3 Å². The Morgan fingerprint density at radius 3 is 2.68 bits per heavy atom. The minimum atomic E-state index is -0.143. The number of nitrogens with one attached hydrogen (secondary N) is 1. The van der Waals surface area contributed by atoms with Crippen LogP contribution in [-0.4, -0.2) is 65.5 Å². The zero-order valence-electron chi connectivity index (χ0n) is 16.1. The second kappa shape index (κ2) is 7.90. The van der Waals surface area contributed by atoms with Gasteiger partial charge in [-0.2, -0.15) is 0 Å². The second-order valence-electron chi connectivity index (χ2n) is 7.45. The molecule has 0 unspecified atom stereocenters. The van der Waals surface area contributed by atoms with Crippen LogP contribution in [0.5, 0.6) is 0 Å². The molecule has 3 aromatic rings. The maximum Gasteiger partial charge on any atom is 0.270 e. The van der Waals surface area contributed by atoms with Crippen LogP contribution in [0.1, 0.15) is 10.5 Å². The van der Waals surface area contributed by atoms with Crippen molar-refractivity contribution in [3.8, 4) is 0 Å². The number of benzene rings is 1. The van der Waals surface area contributed by atoms with E-state index >= 15 is 0 Å². The number of hydrogen-bond donors (Lipinski definition) is 1. The minimum Gasteiger partial charge on any atom is -0.346 e. The number of carbonyl (C=O) groups is 1. The molecule has 1 saturated heterocycles. The van der Waals surface area contributed by atoms with Crippen LogP contribution >= 0.6 is 0 Å². The molecule has 1 aliphatic rings. The van der Waals surface area contributed by atoms with Gasteiger partial charge in [-0.05, 0) is 32.3 Å². The van der Waals surface area contributed by atoms with Crippen LogP contribution in [0.3, 0.4) is 0 Å². The van der Waals surface area contributed by atoms with E-state index in [9.17, 15) is 4.79 Å². The molecule has 2 atom stereocenters. The number of carbonyl (C=O) groups excluding carboxylic acids is 1. The predicted molar refractivity (Wildman–Crippen MR) is 109 cm³/mol. The molecule has 1 aromatic carbocycles. The van der Waals surface area contributed by atoms with Gasteiger partial charge in [-0.3, -0.25) is 4.79 Å². The topological polar surface area (TPSA) is 74.2 Å². The van der Waals surface area contributed by atoms with Gasteiger partial charge in [0.2, 0.25) is 5.95 Å². The van der Waals surface area contributed by atoms with Crippen molar-refractivity contribution in [1.29, 1.82) is 0 Å². The maximum absolute atomic E-state index is 12.9. The summed E-state index contributed by atoms with van der Waals surface area (Å²) < 4.78 is 0. The van der Waals surface area contributed by atoms with Crippen molar-refractivity contribution in [2.24, 2.45) is 5.92 Å². The molecule has 2 aromatic heterocycles. The van der Waals surface area contributed by atoms with Gasteiger partial charge in [-0.15, -0.1) is 0 Å². The number of para-hydroxylation sites is 1. The second-order valence-corrected chi connectivity index (χ2v) is 7.45. The molecule has 1 aliphatic heterocycles. The summed E-state index contributed by atoms with van der Waals surface area (Å²) in [5.74, 6) is 0.838. The third-order valence-electron chi connectivity index (χ3n) is 5.02. The Morgan fingerprint density at radius 2 is 1.89 bits per heavy atom. The summed E-state index contributed by atoms with van der Waals surface area (Å²) in [7, 11) is 4.09. The van der Waals surface area contributed by atoms with E-state index in [-0.39, 0.29) is 17.9 Å². The monoisotopic (exact) mass is 376 g/mol. The Labute approximate surface area is 164 Å². The van der Waals surface area contributed by atoms with Gasteiger partial charge in [-0.25, -0.2) is 15.0 Å². The number of fused-ring (bicyclic) bond motifs is 1. The fourth-order valence-corrected chi connectivity index (χ4v) is 3.74. The summed E-state index contributed by atoms with van der Waals surface area (Å²) in [6.07, 6.45) is 3.49. The number of rotatable bonds is 5. The van der Waals surface area contributed by atoms with Crippen LogP contribution in [0, 0.1) is 5.92 Å². The lowest BCUT2D eigenvalue weighted by atomic mass is 10.0. The van der Waals surface area contributed by atoms with E-state index in [4.69, 9.17) is 0 Å². The highest BCUT2D eigenvalue weighted by Gasteiger charge is 2.35. The van der Waals surface area contributed by atoms with Crippen molar-refractivity contribution in [3.05, 3.63) is 60.6 Å². The number of nitrogens with zero attached hydrogens (tertiary/aromatic N) is 5. The first-order chi connectivity index (χ1) is 13.6. The van der Waals surface area contributed by atoms with Crippen LogP contribution in [0.4, 0.5) is 5.95 Å². The van der Waals surface area contributed by atoms with Crippen molar-refractivity contribution in [1.82, 2.24) is 25.2 Å². The van der Waals surface area contributed by atoms with E-state index in [0.29, 0.717) is 18.2 Å².